The lowest BCUT2D eigenvalue weighted by Gasteiger charge is -2.11. The maximum absolute atomic E-state index is 12.3. The van der Waals surface area contributed by atoms with Crippen LogP contribution in [0, 0.1) is 0 Å². The van der Waals surface area contributed by atoms with Gasteiger partial charge in [0, 0.05) is 35.1 Å². The maximum Gasteiger partial charge on any atom is 0.242 e. The number of nitrogens with one attached hydrogen (secondary N) is 2. The topological polar surface area (TPSA) is 108 Å². The number of hydrogen-bond acceptors (Lipinski definition) is 5. The number of aliphatic hydroxyl groups is 1. The number of aliphatic hydroxyl groups excluding tert-OH is 1. The molecule has 1 saturated carbocycles. The fraction of sp³-hybridized carbons (Fsp3) is 0.333. The molecule has 0 bridgehead atoms. The van der Waals surface area contributed by atoms with Gasteiger partial charge in [-0.05, 0) is 49.9 Å². The van der Waals surface area contributed by atoms with Crippen LogP contribution in [0.3, 0.4) is 0 Å². The summed E-state index contributed by atoms with van der Waals surface area (Å²) in [5.41, 5.74) is 3.62. The molecule has 0 saturated heterocycles. The average Bonchev–Trinajstić information content (AvgIpc) is 3.39. The van der Waals surface area contributed by atoms with Crippen molar-refractivity contribution in [2.45, 2.75) is 36.6 Å². The molecule has 0 aromatic carbocycles. The summed E-state index contributed by atoms with van der Waals surface area (Å²) in [4.78, 5) is 12.2. The van der Waals surface area contributed by atoms with Crippen LogP contribution in [0.1, 0.15) is 31.4 Å². The highest BCUT2D eigenvalue weighted by Crippen LogP contribution is 2.41. The highest BCUT2D eigenvalue weighted by Gasteiger charge is 2.26. The average molecular weight is 372 g/mol. The van der Waals surface area contributed by atoms with Gasteiger partial charge >= 0.3 is 0 Å². The molecule has 136 valence electrons. The van der Waals surface area contributed by atoms with E-state index >= 15 is 0 Å². The number of nitrogens with zero attached hydrogens (tertiary/aromatic N) is 2. The van der Waals surface area contributed by atoms with Crippen LogP contribution < -0.4 is 4.72 Å². The van der Waals surface area contributed by atoms with Gasteiger partial charge in [-0.1, -0.05) is 0 Å². The molecule has 3 heterocycles. The fourth-order valence-corrected chi connectivity index (χ4v) is 4.13. The van der Waals surface area contributed by atoms with Gasteiger partial charge in [0.1, 0.15) is 10.5 Å². The molecule has 0 spiro atoms. The monoisotopic (exact) mass is 372 g/mol. The quantitative estimate of drug-likeness (QED) is 0.614. The van der Waals surface area contributed by atoms with Crippen LogP contribution in [0.4, 0.5) is 0 Å². The Morgan fingerprint density at radius 2 is 2.12 bits per heavy atom. The summed E-state index contributed by atoms with van der Waals surface area (Å²) < 4.78 is 26.9. The van der Waals surface area contributed by atoms with Gasteiger partial charge in [0.15, 0.2) is 0 Å². The predicted octanol–water partition coefficient (Wildman–Crippen LogP) is 2.16. The van der Waals surface area contributed by atoms with E-state index in [1.165, 1.54) is 30.8 Å². The van der Waals surface area contributed by atoms with Crippen molar-refractivity contribution in [3.8, 4) is 11.3 Å². The lowest BCUT2D eigenvalue weighted by molar-refractivity contribution is 0.265. The van der Waals surface area contributed by atoms with Gasteiger partial charge in [-0.25, -0.2) is 18.1 Å². The maximum atomic E-state index is 12.3. The van der Waals surface area contributed by atoms with E-state index in [1.807, 2.05) is 6.07 Å². The first kappa shape index (κ1) is 17.1. The molecule has 1 fully saturated rings. The molecule has 8 heteroatoms. The van der Waals surface area contributed by atoms with E-state index in [-0.39, 0.29) is 11.5 Å². The molecular formula is C18H20N4O3S. The van der Waals surface area contributed by atoms with E-state index in [0.29, 0.717) is 11.6 Å². The van der Waals surface area contributed by atoms with E-state index in [9.17, 15) is 8.42 Å². The molecule has 0 radical (unpaired) electrons. The van der Waals surface area contributed by atoms with Gasteiger partial charge in [0.2, 0.25) is 10.0 Å². The minimum atomic E-state index is -3.70. The van der Waals surface area contributed by atoms with Crippen LogP contribution in [0.5, 0.6) is 0 Å². The first-order chi connectivity index (χ1) is 12.5. The SMILES string of the molecule is CC(CO)NS(=O)(=O)c1ccc(-c2ccnc3[nH]c(C4CC4)cc23)nc1. The highest BCUT2D eigenvalue weighted by atomic mass is 32.2. The highest BCUT2D eigenvalue weighted by molar-refractivity contribution is 7.89. The van der Waals surface area contributed by atoms with Crippen molar-refractivity contribution in [1.82, 2.24) is 19.7 Å². The minimum Gasteiger partial charge on any atom is -0.395 e. The van der Waals surface area contributed by atoms with E-state index in [1.54, 1.807) is 19.2 Å². The Morgan fingerprint density at radius 1 is 1.31 bits per heavy atom. The number of H-pyrrole nitrogens is 1. The summed E-state index contributed by atoms with van der Waals surface area (Å²) >= 11 is 0. The number of pyridine rings is 2. The second-order valence-electron chi connectivity index (χ2n) is 6.70. The molecule has 26 heavy (non-hydrogen) atoms. The number of hydrogen-bond donors (Lipinski definition) is 3. The lowest BCUT2D eigenvalue weighted by atomic mass is 10.1. The molecule has 7 nitrogen and oxygen atoms in total. The third kappa shape index (κ3) is 3.23. The van der Waals surface area contributed by atoms with Crippen LogP contribution in [0.15, 0.2) is 41.6 Å². The predicted molar refractivity (Wildman–Crippen MR) is 98.2 cm³/mol. The summed E-state index contributed by atoms with van der Waals surface area (Å²) in [5.74, 6) is 0.595. The van der Waals surface area contributed by atoms with Gasteiger partial charge in [-0.15, -0.1) is 0 Å². The standard InChI is InChI=1S/C18H20N4O3S/c1-11(10-23)22-26(24,25)13-4-5-16(20-9-13)14-6-7-19-18-15(14)8-17(21-18)12-2-3-12/h4-9,11-12,22-23H,2-3,10H2,1H3,(H,19,21). The Morgan fingerprint density at radius 3 is 2.77 bits per heavy atom. The molecule has 1 aliphatic carbocycles. The van der Waals surface area contributed by atoms with E-state index in [0.717, 1.165) is 16.6 Å². The first-order valence-corrected chi connectivity index (χ1v) is 10.0. The zero-order valence-electron chi connectivity index (χ0n) is 14.3. The van der Waals surface area contributed by atoms with E-state index in [4.69, 9.17) is 5.11 Å². The molecule has 3 aromatic rings. The second kappa shape index (κ2) is 6.46. The Hall–Kier alpha value is -2.29. The van der Waals surface area contributed by atoms with Crippen LogP contribution in [0.2, 0.25) is 0 Å². The number of aromatic nitrogens is 3. The zero-order chi connectivity index (χ0) is 18.3. The third-order valence-electron chi connectivity index (χ3n) is 4.52. The Bertz CT molecular complexity index is 1040. The van der Waals surface area contributed by atoms with Crippen LogP contribution in [-0.4, -0.2) is 41.1 Å². The van der Waals surface area contributed by atoms with Crippen molar-refractivity contribution in [3.63, 3.8) is 0 Å². The molecular weight excluding hydrogens is 352 g/mol. The number of fused-ring (bicyclic) bond motifs is 1. The van der Waals surface area contributed by atoms with Crippen molar-refractivity contribution >= 4 is 21.1 Å². The molecule has 3 N–H and O–H groups in total. The second-order valence-corrected chi connectivity index (χ2v) is 8.42. The normalized spacial score (nSPS) is 16.1. The lowest BCUT2D eigenvalue weighted by Crippen LogP contribution is -2.35. The van der Waals surface area contributed by atoms with Gasteiger partial charge in [-0.3, -0.25) is 4.98 Å². The summed E-state index contributed by atoms with van der Waals surface area (Å²) in [6, 6.07) is 6.66. The molecule has 0 amide bonds. The van der Waals surface area contributed by atoms with Crippen LogP contribution in [-0.2, 0) is 10.0 Å². The molecule has 3 aromatic heterocycles. The third-order valence-corrected chi connectivity index (χ3v) is 6.10. The smallest absolute Gasteiger partial charge is 0.242 e. The fourth-order valence-electron chi connectivity index (χ4n) is 2.95. The van der Waals surface area contributed by atoms with Gasteiger partial charge in [-0.2, -0.15) is 0 Å². The molecule has 4 rings (SSSR count). The number of sulfonamides is 1. The Balaban J connectivity index is 1.68. The van der Waals surface area contributed by atoms with E-state index in [2.05, 4.69) is 25.7 Å². The molecule has 1 atom stereocenters. The largest absolute Gasteiger partial charge is 0.395 e. The van der Waals surface area contributed by atoms with Gasteiger partial charge < -0.3 is 10.1 Å². The summed E-state index contributed by atoms with van der Waals surface area (Å²) in [6.07, 6.45) is 5.46. The van der Waals surface area contributed by atoms with Crippen molar-refractivity contribution < 1.29 is 13.5 Å². The number of aromatic amines is 1. The van der Waals surface area contributed by atoms with Crippen LogP contribution in [0.25, 0.3) is 22.3 Å². The number of rotatable bonds is 6. The van der Waals surface area contributed by atoms with Crippen LogP contribution >= 0.6 is 0 Å². The molecule has 0 aliphatic heterocycles. The molecule has 1 aliphatic rings. The summed E-state index contributed by atoms with van der Waals surface area (Å²) in [7, 11) is -3.70. The van der Waals surface area contributed by atoms with Crippen molar-refractivity contribution in [2.24, 2.45) is 0 Å². The zero-order valence-corrected chi connectivity index (χ0v) is 15.1. The Kier molecular flexibility index (Phi) is 4.26. The van der Waals surface area contributed by atoms with Crippen molar-refractivity contribution in [2.75, 3.05) is 6.61 Å². The van der Waals surface area contributed by atoms with Gasteiger partial charge in [0.25, 0.3) is 0 Å². The minimum absolute atomic E-state index is 0.0691. The summed E-state index contributed by atoms with van der Waals surface area (Å²) in [5, 5.41) is 10.0. The Labute approximate surface area is 151 Å². The first-order valence-electron chi connectivity index (χ1n) is 8.55. The van der Waals surface area contributed by atoms with E-state index < -0.39 is 16.1 Å². The van der Waals surface area contributed by atoms with Crippen molar-refractivity contribution in [3.05, 3.63) is 42.4 Å². The molecule has 1 unspecified atom stereocenters. The van der Waals surface area contributed by atoms with Crippen molar-refractivity contribution in [1.29, 1.82) is 0 Å². The van der Waals surface area contributed by atoms with Gasteiger partial charge in [0.05, 0.1) is 12.3 Å². The summed E-state index contributed by atoms with van der Waals surface area (Å²) in [6.45, 7) is 1.33.